The number of aromatic nitrogens is 2. The number of rotatable bonds is 3. The zero-order valence-electron chi connectivity index (χ0n) is 14.6. The second-order valence-corrected chi connectivity index (χ2v) is 6.86. The maximum atomic E-state index is 12.8. The van der Waals surface area contributed by atoms with Crippen molar-refractivity contribution in [3.8, 4) is 5.69 Å². The van der Waals surface area contributed by atoms with Crippen LogP contribution in [0, 0.1) is 0 Å². The van der Waals surface area contributed by atoms with E-state index in [2.05, 4.69) is 15.6 Å². The molecule has 25 heavy (non-hydrogen) atoms. The van der Waals surface area contributed by atoms with Crippen LogP contribution >= 0.6 is 0 Å². The summed E-state index contributed by atoms with van der Waals surface area (Å²) in [7, 11) is 1.94. The molecular weight excluding hydrogens is 310 g/mol. The van der Waals surface area contributed by atoms with Crippen LogP contribution in [0.2, 0.25) is 0 Å². The van der Waals surface area contributed by atoms with Gasteiger partial charge in [0.15, 0.2) is 0 Å². The monoisotopic (exact) mass is 333 g/mol. The van der Waals surface area contributed by atoms with E-state index in [1.807, 2.05) is 60.7 Å². The highest BCUT2D eigenvalue weighted by atomic mass is 16.2. The largest absolute Gasteiger partial charge is 0.339 e. The molecule has 0 unspecified atom stereocenters. The van der Waals surface area contributed by atoms with Gasteiger partial charge in [-0.15, -0.1) is 0 Å². The van der Waals surface area contributed by atoms with Crippen molar-refractivity contribution in [1.29, 1.82) is 0 Å². The number of nitrogens with zero attached hydrogens (tertiary/aromatic N) is 3. The third-order valence-corrected chi connectivity index (χ3v) is 5.29. The Hall–Kier alpha value is -2.62. The summed E-state index contributed by atoms with van der Waals surface area (Å²) in [5.74, 6) is 0.119. The lowest BCUT2D eigenvalue weighted by molar-refractivity contribution is 0.0696. The minimum absolute atomic E-state index is 0.119. The van der Waals surface area contributed by atoms with Gasteiger partial charge in [-0.3, -0.25) is 9.36 Å². The molecule has 1 fully saturated rings. The molecule has 1 aliphatic carbocycles. The van der Waals surface area contributed by atoms with Gasteiger partial charge < -0.3 is 4.90 Å². The number of imidazole rings is 1. The lowest BCUT2D eigenvalue weighted by Gasteiger charge is -2.31. The van der Waals surface area contributed by atoms with Crippen molar-refractivity contribution in [2.24, 2.45) is 0 Å². The van der Waals surface area contributed by atoms with Gasteiger partial charge in [-0.05, 0) is 49.2 Å². The summed E-state index contributed by atoms with van der Waals surface area (Å²) in [6, 6.07) is 16.3. The smallest absolute Gasteiger partial charge is 0.253 e. The minimum Gasteiger partial charge on any atom is -0.339 e. The first-order valence-corrected chi connectivity index (χ1v) is 9.04. The van der Waals surface area contributed by atoms with E-state index in [1.54, 1.807) is 0 Å². The molecule has 1 aliphatic rings. The molecule has 1 aromatic heterocycles. The highest BCUT2D eigenvalue weighted by Gasteiger charge is 2.22. The Kier molecular flexibility index (Phi) is 4.26. The molecule has 0 aliphatic heterocycles. The van der Waals surface area contributed by atoms with E-state index >= 15 is 0 Å². The van der Waals surface area contributed by atoms with Crippen molar-refractivity contribution < 1.29 is 4.79 Å². The van der Waals surface area contributed by atoms with Gasteiger partial charge in [0.2, 0.25) is 0 Å². The molecule has 3 aromatic rings. The maximum absolute atomic E-state index is 12.8. The van der Waals surface area contributed by atoms with Gasteiger partial charge in [0.25, 0.3) is 5.91 Å². The molecule has 4 nitrogen and oxygen atoms in total. The van der Waals surface area contributed by atoms with E-state index in [0.29, 0.717) is 6.04 Å². The van der Waals surface area contributed by atoms with E-state index in [1.165, 1.54) is 19.3 Å². The van der Waals surface area contributed by atoms with Gasteiger partial charge in [-0.1, -0.05) is 31.4 Å². The van der Waals surface area contributed by atoms with Gasteiger partial charge in [-0.2, -0.15) is 0 Å². The molecule has 128 valence electrons. The van der Waals surface area contributed by atoms with Gasteiger partial charge >= 0.3 is 0 Å². The normalized spacial score (nSPS) is 15.4. The predicted molar refractivity (Wildman–Crippen MR) is 100 cm³/mol. The first-order valence-electron chi connectivity index (χ1n) is 9.04. The van der Waals surface area contributed by atoms with Crippen molar-refractivity contribution >= 4 is 16.9 Å². The van der Waals surface area contributed by atoms with Crippen LogP contribution in [0.3, 0.4) is 0 Å². The average molecular weight is 333 g/mol. The standard InChI is InChI=1S/C21H23N3O/c1-23(17-7-3-2-4-8-17)21(25)16-11-13-18(14-12-16)24-15-22-19-9-5-6-10-20(19)24/h5-6,9-15,17H,2-4,7-8H2,1H3. The molecule has 2 aromatic carbocycles. The number of carbonyl (C=O) groups is 1. The predicted octanol–water partition coefficient (Wildman–Crippen LogP) is 4.43. The molecule has 0 bridgehead atoms. The van der Waals surface area contributed by atoms with Crippen molar-refractivity contribution in [2.45, 2.75) is 38.1 Å². The van der Waals surface area contributed by atoms with Gasteiger partial charge in [0, 0.05) is 24.3 Å². The topological polar surface area (TPSA) is 38.1 Å². The van der Waals surface area contributed by atoms with Crippen LogP contribution < -0.4 is 0 Å². The third kappa shape index (κ3) is 3.04. The van der Waals surface area contributed by atoms with Crippen LogP contribution in [0.1, 0.15) is 42.5 Å². The average Bonchev–Trinajstić information content (AvgIpc) is 3.12. The molecule has 1 saturated carbocycles. The zero-order chi connectivity index (χ0) is 17.2. The Bertz CT molecular complexity index is 876. The summed E-state index contributed by atoms with van der Waals surface area (Å²) in [6.07, 6.45) is 7.84. The molecule has 0 saturated heterocycles. The summed E-state index contributed by atoms with van der Waals surface area (Å²) < 4.78 is 2.05. The van der Waals surface area contributed by atoms with E-state index < -0.39 is 0 Å². The minimum atomic E-state index is 0.119. The molecule has 0 N–H and O–H groups in total. The molecule has 1 amide bonds. The zero-order valence-corrected chi connectivity index (χ0v) is 14.6. The highest BCUT2D eigenvalue weighted by molar-refractivity contribution is 5.94. The Morgan fingerprint density at radius 1 is 1.04 bits per heavy atom. The fourth-order valence-corrected chi connectivity index (χ4v) is 3.77. The van der Waals surface area contributed by atoms with Crippen LogP contribution in [-0.2, 0) is 0 Å². The summed E-state index contributed by atoms with van der Waals surface area (Å²) >= 11 is 0. The second-order valence-electron chi connectivity index (χ2n) is 6.86. The second kappa shape index (κ2) is 6.71. The summed E-state index contributed by atoms with van der Waals surface area (Å²) in [4.78, 5) is 19.1. The summed E-state index contributed by atoms with van der Waals surface area (Å²) in [5.41, 5.74) is 3.81. The van der Waals surface area contributed by atoms with Crippen LogP contribution in [0.15, 0.2) is 54.9 Å². The molecule has 0 spiro atoms. The first kappa shape index (κ1) is 15.9. The number of hydrogen-bond acceptors (Lipinski definition) is 2. The van der Waals surface area contributed by atoms with Crippen molar-refractivity contribution in [1.82, 2.24) is 14.5 Å². The van der Waals surface area contributed by atoms with Crippen molar-refractivity contribution in [3.05, 3.63) is 60.4 Å². The van der Waals surface area contributed by atoms with E-state index in [0.717, 1.165) is 35.1 Å². The van der Waals surface area contributed by atoms with Crippen LogP contribution in [0.4, 0.5) is 0 Å². The van der Waals surface area contributed by atoms with Crippen LogP contribution in [-0.4, -0.2) is 33.4 Å². The number of carbonyl (C=O) groups excluding carboxylic acids is 1. The third-order valence-electron chi connectivity index (χ3n) is 5.29. The Morgan fingerprint density at radius 2 is 1.76 bits per heavy atom. The fraction of sp³-hybridized carbons (Fsp3) is 0.333. The summed E-state index contributed by atoms with van der Waals surface area (Å²) in [5, 5.41) is 0. The lowest BCUT2D eigenvalue weighted by Crippen LogP contribution is -2.38. The van der Waals surface area contributed by atoms with E-state index in [9.17, 15) is 4.79 Å². The highest BCUT2D eigenvalue weighted by Crippen LogP contribution is 2.23. The maximum Gasteiger partial charge on any atom is 0.253 e. The quantitative estimate of drug-likeness (QED) is 0.711. The van der Waals surface area contributed by atoms with Crippen molar-refractivity contribution in [2.75, 3.05) is 7.05 Å². The van der Waals surface area contributed by atoms with Gasteiger partial charge in [-0.25, -0.2) is 4.98 Å². The van der Waals surface area contributed by atoms with Crippen LogP contribution in [0.25, 0.3) is 16.7 Å². The number of benzene rings is 2. The fourth-order valence-electron chi connectivity index (χ4n) is 3.77. The Morgan fingerprint density at radius 3 is 2.52 bits per heavy atom. The number of amides is 1. The summed E-state index contributed by atoms with van der Waals surface area (Å²) in [6.45, 7) is 0. The molecule has 0 atom stereocenters. The van der Waals surface area contributed by atoms with Gasteiger partial charge in [0.05, 0.1) is 11.0 Å². The molecule has 0 radical (unpaired) electrons. The molecule has 1 heterocycles. The number of para-hydroxylation sites is 2. The molecular formula is C21H23N3O. The Labute approximate surface area is 148 Å². The van der Waals surface area contributed by atoms with Gasteiger partial charge in [0.1, 0.15) is 6.33 Å². The first-order chi connectivity index (χ1) is 12.2. The SMILES string of the molecule is CN(C(=O)c1ccc(-n2cnc3ccccc32)cc1)C1CCCCC1. The van der Waals surface area contributed by atoms with Crippen LogP contribution in [0.5, 0.6) is 0 Å². The van der Waals surface area contributed by atoms with E-state index in [4.69, 9.17) is 0 Å². The number of hydrogen-bond donors (Lipinski definition) is 0. The number of fused-ring (bicyclic) bond motifs is 1. The lowest BCUT2D eigenvalue weighted by atomic mass is 9.94. The molecule has 4 rings (SSSR count). The van der Waals surface area contributed by atoms with Crippen molar-refractivity contribution in [3.63, 3.8) is 0 Å². The van der Waals surface area contributed by atoms with E-state index in [-0.39, 0.29) is 5.91 Å². The Balaban J connectivity index is 1.56. The molecule has 4 heteroatoms.